The van der Waals surface area contributed by atoms with Crippen LogP contribution in [0.2, 0.25) is 0 Å². The molecule has 1 aromatic rings. The molecule has 1 unspecified atom stereocenters. The van der Waals surface area contributed by atoms with E-state index in [4.69, 9.17) is 14.2 Å². The summed E-state index contributed by atoms with van der Waals surface area (Å²) in [6.45, 7) is 4.45. The van der Waals surface area contributed by atoms with E-state index in [1.807, 2.05) is 0 Å². The van der Waals surface area contributed by atoms with Crippen molar-refractivity contribution in [1.82, 2.24) is 9.80 Å². The summed E-state index contributed by atoms with van der Waals surface area (Å²) in [6, 6.07) is 2.14. The predicted octanol–water partition coefficient (Wildman–Crippen LogP) is 2.05. The number of likely N-dealkylation sites (N-methyl/N-ethyl adjacent to an activating group) is 1. The van der Waals surface area contributed by atoms with Gasteiger partial charge < -0.3 is 14.2 Å². The lowest BCUT2D eigenvalue weighted by molar-refractivity contribution is 0.171. The van der Waals surface area contributed by atoms with Gasteiger partial charge in [0.1, 0.15) is 6.04 Å². The molecule has 0 spiro atoms. The van der Waals surface area contributed by atoms with E-state index in [1.54, 1.807) is 7.11 Å². The highest BCUT2D eigenvalue weighted by molar-refractivity contribution is 5.62. The van der Waals surface area contributed by atoms with Crippen LogP contribution < -0.4 is 14.2 Å². The molecule has 128 valence electrons. The van der Waals surface area contributed by atoms with Crippen LogP contribution in [0.15, 0.2) is 6.07 Å². The number of benzene rings is 1. The zero-order valence-electron chi connectivity index (χ0n) is 14.4. The maximum absolute atomic E-state index is 5.70. The van der Waals surface area contributed by atoms with Gasteiger partial charge in [0, 0.05) is 12.1 Å². The van der Waals surface area contributed by atoms with Gasteiger partial charge in [0.05, 0.1) is 13.7 Å². The summed E-state index contributed by atoms with van der Waals surface area (Å²) in [4.78, 5) is 4.72. The Morgan fingerprint density at radius 2 is 2.08 bits per heavy atom. The summed E-state index contributed by atoms with van der Waals surface area (Å²) >= 11 is 0. The molecule has 0 bridgehead atoms. The molecule has 0 aromatic heterocycles. The molecule has 0 N–H and O–H groups in total. The molecular formula is C19H24N2O3. The number of ether oxygens (including phenoxy) is 3. The third-order valence-electron chi connectivity index (χ3n) is 5.14. The standard InChI is InChI=1S/C19H24N2O3/c1-20-11-7-14-12-16-18(24-13-23-16)19(22-2)17(14)15(20)6-5-10-21-8-3-4-9-21/h12,15H,3-4,7-11,13H2,1-2H3. The predicted molar refractivity (Wildman–Crippen MR) is 91.6 cm³/mol. The highest BCUT2D eigenvalue weighted by Crippen LogP contribution is 2.49. The van der Waals surface area contributed by atoms with Crippen LogP contribution in [0, 0.1) is 11.8 Å². The fourth-order valence-corrected chi connectivity index (χ4v) is 3.81. The molecular weight excluding hydrogens is 304 g/mol. The SMILES string of the molecule is COc1c2c(cc3c1C(C#CCN1CCCC1)N(C)CC3)OCO2. The topological polar surface area (TPSA) is 34.2 Å². The fraction of sp³-hybridized carbons (Fsp3) is 0.579. The summed E-state index contributed by atoms with van der Waals surface area (Å²) < 4.78 is 16.9. The second kappa shape index (κ2) is 6.54. The first kappa shape index (κ1) is 15.6. The molecule has 0 aliphatic carbocycles. The zero-order valence-corrected chi connectivity index (χ0v) is 14.4. The summed E-state index contributed by atoms with van der Waals surface area (Å²) in [6.07, 6.45) is 3.57. The summed E-state index contributed by atoms with van der Waals surface area (Å²) in [7, 11) is 3.82. The minimum absolute atomic E-state index is 0.0424. The largest absolute Gasteiger partial charge is 0.492 e. The van der Waals surface area contributed by atoms with E-state index in [-0.39, 0.29) is 12.8 Å². The number of hydrogen-bond donors (Lipinski definition) is 0. The Labute approximate surface area is 143 Å². The highest BCUT2D eigenvalue weighted by Gasteiger charge is 2.33. The Balaban J connectivity index is 1.67. The second-order valence-corrected chi connectivity index (χ2v) is 6.65. The van der Waals surface area contributed by atoms with Gasteiger partial charge in [-0.05, 0) is 51.0 Å². The molecule has 5 heteroatoms. The summed E-state index contributed by atoms with van der Waals surface area (Å²) in [5.74, 6) is 9.17. The maximum atomic E-state index is 5.70. The van der Waals surface area contributed by atoms with Crippen LogP contribution in [0.4, 0.5) is 0 Å². The number of nitrogens with zero attached hydrogens (tertiary/aromatic N) is 2. The van der Waals surface area contributed by atoms with Crippen LogP contribution in [-0.2, 0) is 6.42 Å². The molecule has 1 saturated heterocycles. The van der Waals surface area contributed by atoms with Crippen molar-refractivity contribution in [1.29, 1.82) is 0 Å². The second-order valence-electron chi connectivity index (χ2n) is 6.65. The Kier molecular flexibility index (Phi) is 4.26. The van der Waals surface area contributed by atoms with Crippen molar-refractivity contribution in [3.05, 3.63) is 17.2 Å². The van der Waals surface area contributed by atoms with Crippen LogP contribution >= 0.6 is 0 Å². The number of methoxy groups -OCH3 is 1. The summed E-state index contributed by atoms with van der Waals surface area (Å²) in [5, 5.41) is 0. The minimum Gasteiger partial charge on any atom is -0.492 e. The Morgan fingerprint density at radius 3 is 2.88 bits per heavy atom. The molecule has 4 rings (SSSR count). The van der Waals surface area contributed by atoms with Gasteiger partial charge in [-0.2, -0.15) is 0 Å². The normalized spacial score (nSPS) is 22.8. The van der Waals surface area contributed by atoms with Crippen molar-refractivity contribution >= 4 is 0 Å². The Morgan fingerprint density at radius 1 is 1.25 bits per heavy atom. The minimum atomic E-state index is 0.0424. The van der Waals surface area contributed by atoms with Gasteiger partial charge in [0.2, 0.25) is 12.5 Å². The van der Waals surface area contributed by atoms with Gasteiger partial charge in [0.25, 0.3) is 0 Å². The lowest BCUT2D eigenvalue weighted by atomic mass is 9.91. The van der Waals surface area contributed by atoms with Crippen LogP contribution in [0.5, 0.6) is 17.2 Å². The molecule has 1 fully saturated rings. The average molecular weight is 328 g/mol. The molecule has 0 radical (unpaired) electrons. The zero-order chi connectivity index (χ0) is 16.5. The summed E-state index contributed by atoms with van der Waals surface area (Å²) in [5.41, 5.74) is 2.40. The van der Waals surface area contributed by atoms with Gasteiger partial charge in [-0.15, -0.1) is 0 Å². The molecule has 3 heterocycles. The quantitative estimate of drug-likeness (QED) is 0.776. The first-order valence-corrected chi connectivity index (χ1v) is 8.68. The van der Waals surface area contributed by atoms with Crippen LogP contribution in [0.1, 0.15) is 30.0 Å². The third kappa shape index (κ3) is 2.70. The van der Waals surface area contributed by atoms with E-state index in [9.17, 15) is 0 Å². The third-order valence-corrected chi connectivity index (χ3v) is 5.14. The lowest BCUT2D eigenvalue weighted by Crippen LogP contribution is -2.32. The van der Waals surface area contributed by atoms with E-state index in [1.165, 1.54) is 31.5 Å². The van der Waals surface area contributed by atoms with Crippen molar-refractivity contribution in [2.24, 2.45) is 0 Å². The average Bonchev–Trinajstić information content (AvgIpc) is 3.26. The number of hydrogen-bond acceptors (Lipinski definition) is 5. The van der Waals surface area contributed by atoms with Gasteiger partial charge in [-0.25, -0.2) is 0 Å². The molecule has 0 saturated carbocycles. The van der Waals surface area contributed by atoms with Crippen LogP contribution in [0.3, 0.4) is 0 Å². The smallest absolute Gasteiger partial charge is 0.231 e. The first-order valence-electron chi connectivity index (χ1n) is 8.68. The van der Waals surface area contributed by atoms with Gasteiger partial charge in [-0.3, -0.25) is 9.80 Å². The lowest BCUT2D eigenvalue weighted by Gasteiger charge is -2.32. The number of likely N-dealkylation sites (tertiary alicyclic amines) is 1. The van der Waals surface area contributed by atoms with E-state index in [0.717, 1.165) is 42.3 Å². The van der Waals surface area contributed by atoms with E-state index >= 15 is 0 Å². The molecule has 1 aromatic carbocycles. The van der Waals surface area contributed by atoms with E-state index < -0.39 is 0 Å². The van der Waals surface area contributed by atoms with Crippen molar-refractivity contribution in [3.8, 4) is 29.1 Å². The first-order chi connectivity index (χ1) is 11.8. The monoisotopic (exact) mass is 328 g/mol. The molecule has 3 aliphatic rings. The van der Waals surface area contributed by atoms with Gasteiger partial charge >= 0.3 is 0 Å². The molecule has 5 nitrogen and oxygen atoms in total. The molecule has 1 atom stereocenters. The van der Waals surface area contributed by atoms with E-state index in [0.29, 0.717) is 0 Å². The Hall–Kier alpha value is -1.90. The van der Waals surface area contributed by atoms with E-state index in [2.05, 4.69) is 34.8 Å². The maximum Gasteiger partial charge on any atom is 0.231 e. The fourth-order valence-electron chi connectivity index (χ4n) is 3.81. The van der Waals surface area contributed by atoms with Crippen LogP contribution in [0.25, 0.3) is 0 Å². The van der Waals surface area contributed by atoms with Crippen molar-refractivity contribution in [2.45, 2.75) is 25.3 Å². The molecule has 0 amide bonds. The van der Waals surface area contributed by atoms with Crippen molar-refractivity contribution in [2.75, 3.05) is 47.1 Å². The van der Waals surface area contributed by atoms with Gasteiger partial charge in [0.15, 0.2) is 11.5 Å². The number of fused-ring (bicyclic) bond motifs is 2. The highest BCUT2D eigenvalue weighted by atomic mass is 16.7. The molecule has 3 aliphatic heterocycles. The van der Waals surface area contributed by atoms with Crippen LogP contribution in [-0.4, -0.2) is 56.9 Å². The van der Waals surface area contributed by atoms with Crippen molar-refractivity contribution < 1.29 is 14.2 Å². The molecule has 24 heavy (non-hydrogen) atoms. The number of rotatable bonds is 2. The Bertz CT molecular complexity index is 686. The van der Waals surface area contributed by atoms with Crippen molar-refractivity contribution in [3.63, 3.8) is 0 Å². The van der Waals surface area contributed by atoms with Gasteiger partial charge in [-0.1, -0.05) is 11.8 Å².